The predicted octanol–water partition coefficient (Wildman–Crippen LogP) is 7.49. The highest BCUT2D eigenvalue weighted by molar-refractivity contribution is 5.67. The van der Waals surface area contributed by atoms with Gasteiger partial charge < -0.3 is 9.47 Å². The summed E-state index contributed by atoms with van der Waals surface area (Å²) in [5.41, 5.74) is 2.43. The van der Waals surface area contributed by atoms with Crippen molar-refractivity contribution in [2.45, 2.75) is 64.7 Å². The van der Waals surface area contributed by atoms with Crippen LogP contribution in [-0.4, -0.2) is 12.8 Å². The summed E-state index contributed by atoms with van der Waals surface area (Å²) in [4.78, 5) is 11.5. The summed E-state index contributed by atoms with van der Waals surface area (Å²) < 4.78 is 24.8. The molecular formula is C25H31FO3. The van der Waals surface area contributed by atoms with Gasteiger partial charge in [-0.25, -0.2) is 9.18 Å². The van der Waals surface area contributed by atoms with E-state index in [4.69, 9.17) is 9.47 Å². The Bertz CT molecular complexity index is 792. The summed E-state index contributed by atoms with van der Waals surface area (Å²) in [6.07, 6.45) is 7.41. The molecule has 0 radical (unpaired) electrons. The Balaban J connectivity index is 1.63. The Morgan fingerprint density at radius 2 is 1.72 bits per heavy atom. The third-order valence-electron chi connectivity index (χ3n) is 5.80. The molecule has 1 aliphatic carbocycles. The van der Waals surface area contributed by atoms with Crippen LogP contribution in [0.3, 0.4) is 0 Å². The lowest BCUT2D eigenvalue weighted by Crippen LogP contribution is -2.13. The summed E-state index contributed by atoms with van der Waals surface area (Å²) in [5, 5.41) is 0. The lowest BCUT2D eigenvalue weighted by atomic mass is 9.77. The standard InChI is InChI=1S/C25H31FO3/c1-3-5-18-6-8-19(9-7-18)21-12-15-23(24(26)17-21)20-10-13-22(14-11-20)29-25(27)28-16-4-2/h10-15,17-19H,3-9,16H2,1-2H3/t18-,19-. The van der Waals surface area contributed by atoms with Gasteiger partial charge in [-0.15, -0.1) is 0 Å². The maximum atomic E-state index is 14.8. The SMILES string of the molecule is CCCOC(=O)Oc1ccc(-c2ccc([C@H]3CC[C@H](CCC)CC3)cc2F)cc1. The average molecular weight is 399 g/mol. The molecule has 1 aliphatic rings. The summed E-state index contributed by atoms with van der Waals surface area (Å²) in [5.74, 6) is 1.50. The molecule has 2 aromatic carbocycles. The lowest BCUT2D eigenvalue weighted by molar-refractivity contribution is 0.0992. The van der Waals surface area contributed by atoms with Crippen molar-refractivity contribution in [3.63, 3.8) is 0 Å². The third-order valence-corrected chi connectivity index (χ3v) is 5.80. The van der Waals surface area contributed by atoms with Crippen LogP contribution in [0.5, 0.6) is 5.75 Å². The minimum atomic E-state index is -0.719. The number of ether oxygens (including phenoxy) is 2. The van der Waals surface area contributed by atoms with Crippen LogP contribution < -0.4 is 4.74 Å². The smallest absolute Gasteiger partial charge is 0.434 e. The van der Waals surface area contributed by atoms with Gasteiger partial charge in [0, 0.05) is 5.56 Å². The van der Waals surface area contributed by atoms with E-state index in [9.17, 15) is 9.18 Å². The van der Waals surface area contributed by atoms with Crippen molar-refractivity contribution < 1.29 is 18.7 Å². The molecule has 29 heavy (non-hydrogen) atoms. The topological polar surface area (TPSA) is 35.5 Å². The molecular weight excluding hydrogens is 367 g/mol. The van der Waals surface area contributed by atoms with Gasteiger partial charge in [0.1, 0.15) is 11.6 Å². The Morgan fingerprint density at radius 1 is 1.00 bits per heavy atom. The summed E-state index contributed by atoms with van der Waals surface area (Å²) in [6, 6.07) is 12.5. The van der Waals surface area contributed by atoms with Crippen LogP contribution in [0.1, 0.15) is 70.3 Å². The molecule has 0 aliphatic heterocycles. The molecule has 4 heteroatoms. The molecule has 0 atom stereocenters. The van der Waals surface area contributed by atoms with Crippen LogP contribution in [0, 0.1) is 11.7 Å². The zero-order valence-electron chi connectivity index (χ0n) is 17.5. The first kappa shape index (κ1) is 21.4. The van der Waals surface area contributed by atoms with Crippen molar-refractivity contribution in [3.05, 3.63) is 53.8 Å². The molecule has 1 fully saturated rings. The minimum absolute atomic E-state index is 0.200. The Labute approximate surface area is 173 Å². The lowest BCUT2D eigenvalue weighted by Gasteiger charge is -2.28. The first-order valence-electron chi connectivity index (χ1n) is 10.8. The monoisotopic (exact) mass is 398 g/mol. The average Bonchev–Trinajstić information content (AvgIpc) is 2.74. The van der Waals surface area contributed by atoms with Gasteiger partial charge in [-0.2, -0.15) is 0 Å². The summed E-state index contributed by atoms with van der Waals surface area (Å²) >= 11 is 0. The Morgan fingerprint density at radius 3 is 2.34 bits per heavy atom. The van der Waals surface area contributed by atoms with E-state index in [1.54, 1.807) is 30.3 Å². The molecule has 1 saturated carbocycles. The van der Waals surface area contributed by atoms with E-state index in [-0.39, 0.29) is 5.82 Å². The van der Waals surface area contributed by atoms with Crippen LogP contribution in [0.2, 0.25) is 0 Å². The molecule has 0 amide bonds. The Kier molecular flexibility index (Phi) is 7.68. The number of rotatable bonds is 7. The van der Waals surface area contributed by atoms with Crippen LogP contribution in [-0.2, 0) is 4.74 Å². The van der Waals surface area contributed by atoms with E-state index in [2.05, 4.69) is 13.0 Å². The first-order chi connectivity index (χ1) is 14.1. The summed E-state index contributed by atoms with van der Waals surface area (Å²) in [6.45, 7) is 4.49. The number of carbonyl (C=O) groups is 1. The summed E-state index contributed by atoms with van der Waals surface area (Å²) in [7, 11) is 0. The quantitative estimate of drug-likeness (QED) is 0.358. The fraction of sp³-hybridized carbons (Fsp3) is 0.480. The molecule has 0 N–H and O–H groups in total. The highest BCUT2D eigenvalue weighted by Crippen LogP contribution is 2.38. The van der Waals surface area contributed by atoms with Crippen molar-refractivity contribution in [2.75, 3.05) is 6.61 Å². The maximum Gasteiger partial charge on any atom is 0.513 e. The van der Waals surface area contributed by atoms with Crippen LogP contribution >= 0.6 is 0 Å². The molecule has 3 rings (SSSR count). The van der Waals surface area contributed by atoms with Gasteiger partial charge in [0.25, 0.3) is 0 Å². The number of hydrogen-bond acceptors (Lipinski definition) is 3. The minimum Gasteiger partial charge on any atom is -0.434 e. The normalized spacial score (nSPS) is 19.0. The van der Waals surface area contributed by atoms with Gasteiger partial charge in [0.2, 0.25) is 0 Å². The van der Waals surface area contributed by atoms with Crippen molar-refractivity contribution >= 4 is 6.16 Å². The molecule has 0 bridgehead atoms. The van der Waals surface area contributed by atoms with Crippen LogP contribution in [0.15, 0.2) is 42.5 Å². The zero-order chi connectivity index (χ0) is 20.6. The molecule has 2 aromatic rings. The highest BCUT2D eigenvalue weighted by atomic mass is 19.1. The van der Waals surface area contributed by atoms with Crippen molar-refractivity contribution in [2.24, 2.45) is 5.92 Å². The van der Waals surface area contributed by atoms with Crippen molar-refractivity contribution in [1.29, 1.82) is 0 Å². The molecule has 0 unspecified atom stereocenters. The predicted molar refractivity (Wildman–Crippen MR) is 114 cm³/mol. The molecule has 0 spiro atoms. The molecule has 156 valence electrons. The molecule has 0 aromatic heterocycles. The fourth-order valence-corrected chi connectivity index (χ4v) is 4.23. The third kappa shape index (κ3) is 5.81. The Hall–Kier alpha value is -2.36. The van der Waals surface area contributed by atoms with E-state index in [1.165, 1.54) is 25.7 Å². The van der Waals surface area contributed by atoms with Crippen molar-refractivity contribution in [3.8, 4) is 16.9 Å². The maximum absolute atomic E-state index is 14.8. The van der Waals surface area contributed by atoms with Crippen LogP contribution in [0.4, 0.5) is 9.18 Å². The van der Waals surface area contributed by atoms with E-state index in [1.807, 2.05) is 13.0 Å². The van der Waals surface area contributed by atoms with E-state index in [0.717, 1.165) is 36.3 Å². The largest absolute Gasteiger partial charge is 0.513 e. The van der Waals surface area contributed by atoms with E-state index in [0.29, 0.717) is 23.8 Å². The number of halogens is 1. The number of carbonyl (C=O) groups excluding carboxylic acids is 1. The second-order valence-electron chi connectivity index (χ2n) is 7.97. The molecule has 0 heterocycles. The zero-order valence-corrected chi connectivity index (χ0v) is 17.5. The van der Waals surface area contributed by atoms with Gasteiger partial charge in [-0.05, 0) is 73.3 Å². The molecule has 3 nitrogen and oxygen atoms in total. The van der Waals surface area contributed by atoms with E-state index < -0.39 is 6.16 Å². The first-order valence-corrected chi connectivity index (χ1v) is 10.8. The number of benzene rings is 2. The van der Waals surface area contributed by atoms with Crippen molar-refractivity contribution in [1.82, 2.24) is 0 Å². The second kappa shape index (κ2) is 10.4. The fourth-order valence-electron chi connectivity index (χ4n) is 4.23. The van der Waals surface area contributed by atoms with E-state index >= 15 is 0 Å². The molecule has 0 saturated heterocycles. The van der Waals surface area contributed by atoms with Gasteiger partial charge in [0.05, 0.1) is 6.61 Å². The van der Waals surface area contributed by atoms with Gasteiger partial charge >= 0.3 is 6.16 Å². The highest BCUT2D eigenvalue weighted by Gasteiger charge is 2.22. The van der Waals surface area contributed by atoms with Gasteiger partial charge in [0.15, 0.2) is 0 Å². The van der Waals surface area contributed by atoms with Crippen LogP contribution in [0.25, 0.3) is 11.1 Å². The van der Waals surface area contributed by atoms with Gasteiger partial charge in [-0.3, -0.25) is 0 Å². The number of hydrogen-bond donors (Lipinski definition) is 0. The van der Waals surface area contributed by atoms with Gasteiger partial charge in [-0.1, -0.05) is 51.0 Å². The second-order valence-corrected chi connectivity index (χ2v) is 7.97.